The van der Waals surface area contributed by atoms with Gasteiger partial charge < -0.3 is 39.9 Å². The molecule has 1 rings (SSSR count). The third-order valence-electron chi connectivity index (χ3n) is 3.15. The number of anilines is 1. The van der Waals surface area contributed by atoms with Crippen LogP contribution >= 0.6 is 0 Å². The Morgan fingerprint density at radius 1 is 0.577 bits per heavy atom. The van der Waals surface area contributed by atoms with Crippen LogP contribution in [0, 0.1) is 0 Å². The van der Waals surface area contributed by atoms with Gasteiger partial charge in [-0.1, -0.05) is 12.1 Å². The van der Waals surface area contributed by atoms with Crippen LogP contribution in [0.15, 0.2) is 24.3 Å². The van der Waals surface area contributed by atoms with Crippen LogP contribution in [-0.2, 0) is 23.7 Å². The van der Waals surface area contributed by atoms with Crippen molar-refractivity contribution in [1.29, 1.82) is 0 Å². The Bertz CT molecular complexity index is 436. The molecule has 0 aliphatic carbocycles. The lowest BCUT2D eigenvalue weighted by atomic mass is 10.3. The molecule has 4 N–H and O–H groups in total. The van der Waals surface area contributed by atoms with Gasteiger partial charge in [-0.2, -0.15) is 0 Å². The summed E-state index contributed by atoms with van der Waals surface area (Å²) in [6.07, 6.45) is 0. The molecule has 0 unspecified atom stereocenters. The second-order valence-electron chi connectivity index (χ2n) is 5.24. The summed E-state index contributed by atoms with van der Waals surface area (Å²) in [6, 6.07) is 7.38. The maximum atomic E-state index is 5.78. The lowest BCUT2D eigenvalue weighted by Crippen LogP contribution is -2.15. The van der Waals surface area contributed by atoms with E-state index in [0.717, 1.165) is 0 Å². The Morgan fingerprint density at radius 3 is 1.46 bits per heavy atom. The van der Waals surface area contributed by atoms with Crippen molar-refractivity contribution in [2.24, 2.45) is 5.73 Å². The SMILES string of the molecule is NCCOCCOCCOCCOCCOCCOc1ccccc1N. The van der Waals surface area contributed by atoms with Gasteiger partial charge in [-0.3, -0.25) is 0 Å². The number of para-hydroxylation sites is 2. The first-order valence-electron chi connectivity index (χ1n) is 8.90. The molecule has 26 heavy (non-hydrogen) atoms. The van der Waals surface area contributed by atoms with Crippen molar-refractivity contribution in [3.63, 3.8) is 0 Å². The molecule has 1 aromatic rings. The zero-order valence-electron chi connectivity index (χ0n) is 15.4. The molecule has 0 spiro atoms. The average Bonchev–Trinajstić information content (AvgIpc) is 2.65. The first kappa shape index (κ1) is 22.6. The minimum absolute atomic E-state index is 0.453. The Hall–Kier alpha value is -1.42. The molecule has 150 valence electrons. The fourth-order valence-corrected chi connectivity index (χ4v) is 1.89. The zero-order chi connectivity index (χ0) is 18.7. The van der Waals surface area contributed by atoms with E-state index >= 15 is 0 Å². The van der Waals surface area contributed by atoms with E-state index < -0.39 is 0 Å². The molecule has 1 aromatic carbocycles. The number of ether oxygens (including phenoxy) is 6. The smallest absolute Gasteiger partial charge is 0.142 e. The monoisotopic (exact) mass is 372 g/mol. The summed E-state index contributed by atoms with van der Waals surface area (Å²) in [4.78, 5) is 0. The van der Waals surface area contributed by atoms with Crippen LogP contribution in [0.2, 0.25) is 0 Å². The van der Waals surface area contributed by atoms with E-state index in [4.69, 9.17) is 39.9 Å². The first-order chi connectivity index (χ1) is 12.8. The van der Waals surface area contributed by atoms with Gasteiger partial charge in [-0.05, 0) is 12.1 Å². The molecule has 0 atom stereocenters. The molecule has 0 aliphatic heterocycles. The average molecular weight is 372 g/mol. The number of nitrogen functional groups attached to an aromatic ring is 1. The summed E-state index contributed by atoms with van der Waals surface area (Å²) < 4.78 is 32.2. The van der Waals surface area contributed by atoms with E-state index in [0.29, 0.717) is 90.7 Å². The predicted octanol–water partition coefficient (Wildman–Crippen LogP) is 0.689. The topological polar surface area (TPSA) is 107 Å². The lowest BCUT2D eigenvalue weighted by molar-refractivity contribution is -0.0122. The summed E-state index contributed by atoms with van der Waals surface area (Å²) in [5, 5.41) is 0. The molecule has 8 heteroatoms. The molecule has 0 amide bonds. The van der Waals surface area contributed by atoms with Gasteiger partial charge in [-0.25, -0.2) is 0 Å². The molecule has 0 aliphatic rings. The summed E-state index contributed by atoms with van der Waals surface area (Å²) in [5.41, 5.74) is 11.7. The summed E-state index contributed by atoms with van der Waals surface area (Å²) in [5.74, 6) is 0.677. The highest BCUT2D eigenvalue weighted by atomic mass is 16.6. The Balaban J connectivity index is 1.74. The Labute approximate surface area is 155 Å². The minimum atomic E-state index is 0.453. The van der Waals surface area contributed by atoms with Crippen molar-refractivity contribution in [2.75, 3.05) is 85.0 Å². The number of hydrogen-bond acceptors (Lipinski definition) is 8. The predicted molar refractivity (Wildman–Crippen MR) is 99.5 cm³/mol. The second-order valence-corrected chi connectivity index (χ2v) is 5.24. The van der Waals surface area contributed by atoms with Gasteiger partial charge in [0.15, 0.2) is 0 Å². The molecule has 0 fully saturated rings. The van der Waals surface area contributed by atoms with Gasteiger partial charge in [0.2, 0.25) is 0 Å². The largest absolute Gasteiger partial charge is 0.489 e. The molecule has 8 nitrogen and oxygen atoms in total. The molecule has 0 heterocycles. The maximum Gasteiger partial charge on any atom is 0.142 e. The van der Waals surface area contributed by atoms with E-state index in [2.05, 4.69) is 0 Å². The third-order valence-corrected chi connectivity index (χ3v) is 3.15. The maximum absolute atomic E-state index is 5.78. The molecule has 0 saturated carbocycles. The van der Waals surface area contributed by atoms with Crippen molar-refractivity contribution in [3.05, 3.63) is 24.3 Å². The van der Waals surface area contributed by atoms with E-state index in [1.165, 1.54) is 0 Å². The van der Waals surface area contributed by atoms with Crippen molar-refractivity contribution >= 4 is 5.69 Å². The lowest BCUT2D eigenvalue weighted by Gasteiger charge is -2.09. The van der Waals surface area contributed by atoms with Gasteiger partial charge in [-0.15, -0.1) is 0 Å². The number of rotatable bonds is 18. The van der Waals surface area contributed by atoms with Crippen LogP contribution in [0.5, 0.6) is 5.75 Å². The van der Waals surface area contributed by atoms with E-state index in [-0.39, 0.29) is 0 Å². The number of hydrogen-bond donors (Lipinski definition) is 2. The Kier molecular flexibility index (Phi) is 14.8. The molecule has 0 bridgehead atoms. The zero-order valence-corrected chi connectivity index (χ0v) is 15.4. The van der Waals surface area contributed by atoms with Crippen LogP contribution in [0.4, 0.5) is 5.69 Å². The molecule has 0 aromatic heterocycles. The van der Waals surface area contributed by atoms with Crippen LogP contribution < -0.4 is 16.2 Å². The van der Waals surface area contributed by atoms with Crippen LogP contribution in [0.25, 0.3) is 0 Å². The summed E-state index contributed by atoms with van der Waals surface area (Å²) in [7, 11) is 0. The van der Waals surface area contributed by atoms with Crippen molar-refractivity contribution in [2.45, 2.75) is 0 Å². The van der Waals surface area contributed by atoms with E-state index in [9.17, 15) is 0 Å². The highest BCUT2D eigenvalue weighted by Crippen LogP contribution is 2.19. The normalized spacial score (nSPS) is 11.0. The minimum Gasteiger partial charge on any atom is -0.489 e. The molecule has 0 radical (unpaired) electrons. The highest BCUT2D eigenvalue weighted by molar-refractivity contribution is 5.51. The number of nitrogens with two attached hydrogens (primary N) is 2. The van der Waals surface area contributed by atoms with Crippen LogP contribution in [-0.4, -0.2) is 79.2 Å². The third kappa shape index (κ3) is 12.9. The molecule has 0 saturated heterocycles. The molecular weight excluding hydrogens is 340 g/mol. The van der Waals surface area contributed by atoms with Gasteiger partial charge in [0.1, 0.15) is 12.4 Å². The van der Waals surface area contributed by atoms with Gasteiger partial charge in [0.25, 0.3) is 0 Å². The molecular formula is C18H32N2O6. The van der Waals surface area contributed by atoms with E-state index in [1.807, 2.05) is 18.2 Å². The van der Waals surface area contributed by atoms with Crippen LogP contribution in [0.1, 0.15) is 0 Å². The van der Waals surface area contributed by atoms with Crippen molar-refractivity contribution < 1.29 is 28.4 Å². The quantitative estimate of drug-likeness (QED) is 0.286. The van der Waals surface area contributed by atoms with Crippen molar-refractivity contribution in [3.8, 4) is 5.75 Å². The Morgan fingerprint density at radius 2 is 1.00 bits per heavy atom. The second kappa shape index (κ2) is 17.0. The van der Waals surface area contributed by atoms with Gasteiger partial charge in [0, 0.05) is 6.54 Å². The summed E-state index contributed by atoms with van der Waals surface area (Å²) in [6.45, 7) is 6.32. The fraction of sp³-hybridized carbons (Fsp3) is 0.667. The first-order valence-corrected chi connectivity index (χ1v) is 8.90. The summed E-state index contributed by atoms with van der Waals surface area (Å²) >= 11 is 0. The number of benzene rings is 1. The van der Waals surface area contributed by atoms with Gasteiger partial charge >= 0.3 is 0 Å². The van der Waals surface area contributed by atoms with Gasteiger partial charge in [0.05, 0.1) is 71.8 Å². The standard InChI is InChI=1S/C18H32N2O6/c19-5-6-21-7-8-22-9-10-23-11-12-24-13-14-25-15-16-26-18-4-2-1-3-17(18)20/h1-4H,5-16,19-20H2. The highest BCUT2D eigenvalue weighted by Gasteiger charge is 1.98. The van der Waals surface area contributed by atoms with Crippen LogP contribution in [0.3, 0.4) is 0 Å². The van der Waals surface area contributed by atoms with Crippen molar-refractivity contribution in [1.82, 2.24) is 0 Å². The fourth-order valence-electron chi connectivity index (χ4n) is 1.89. The van der Waals surface area contributed by atoms with E-state index in [1.54, 1.807) is 6.07 Å².